The molecule has 0 amide bonds. The average Bonchev–Trinajstić information content (AvgIpc) is 2.82. The van der Waals surface area contributed by atoms with Crippen molar-refractivity contribution in [2.24, 2.45) is 0 Å². The van der Waals surface area contributed by atoms with Gasteiger partial charge >= 0.3 is 0 Å². The Kier molecular flexibility index (Phi) is 2.97. The molecule has 0 aliphatic carbocycles. The molecule has 1 saturated heterocycles. The van der Waals surface area contributed by atoms with Crippen molar-refractivity contribution in [1.82, 2.24) is 9.98 Å². The van der Waals surface area contributed by atoms with Crippen LogP contribution in [0.5, 0.6) is 0 Å². The van der Waals surface area contributed by atoms with Crippen LogP contribution in [-0.2, 0) is 0 Å². The van der Waals surface area contributed by atoms with E-state index in [9.17, 15) is 0 Å². The lowest BCUT2D eigenvalue weighted by Gasteiger charge is -2.16. The van der Waals surface area contributed by atoms with Crippen molar-refractivity contribution in [3.63, 3.8) is 0 Å². The first-order chi connectivity index (χ1) is 6.86. The molecule has 7 heteroatoms. The fourth-order valence-corrected chi connectivity index (χ4v) is 1.78. The number of hydrogen-bond donors (Lipinski definition) is 1. The Hall–Kier alpha value is -0.690. The quantitative estimate of drug-likeness (QED) is 0.693. The number of thioether (sulfide) groups is 1. The molecule has 1 aromatic rings. The van der Waals surface area contributed by atoms with Gasteiger partial charge in [0.2, 0.25) is 0 Å². The van der Waals surface area contributed by atoms with Crippen LogP contribution in [0.2, 0.25) is 0 Å². The first kappa shape index (κ1) is 9.85. The lowest BCUT2D eigenvalue weighted by molar-refractivity contribution is 0.0847. The highest BCUT2D eigenvalue weighted by atomic mass is 32.2. The van der Waals surface area contributed by atoms with E-state index in [1.54, 1.807) is 16.7 Å². The average molecular weight is 221 g/mol. The third kappa shape index (κ3) is 1.88. The SMILES string of the molecule is CSCOn1on1N1CCCC1CO. The van der Waals surface area contributed by atoms with Gasteiger partial charge in [0.15, 0.2) is 5.94 Å². The van der Waals surface area contributed by atoms with Crippen LogP contribution in [0.1, 0.15) is 12.8 Å². The molecular formula is C7H15N3O3S. The van der Waals surface area contributed by atoms with Gasteiger partial charge in [-0.2, -0.15) is 4.63 Å². The zero-order chi connectivity index (χ0) is 9.97. The highest BCUT2D eigenvalue weighted by Gasteiger charge is 2.31. The monoisotopic (exact) mass is 221 g/mol. The Morgan fingerprint density at radius 3 is 3.21 bits per heavy atom. The maximum absolute atomic E-state index is 9.09. The molecule has 0 bridgehead atoms. The summed E-state index contributed by atoms with van der Waals surface area (Å²) in [7, 11) is 0. The van der Waals surface area contributed by atoms with Gasteiger partial charge in [-0.15, -0.1) is 11.8 Å². The number of hydrogen-bond acceptors (Lipinski definition) is 5. The lowest BCUT2D eigenvalue weighted by atomic mass is 10.2. The van der Waals surface area contributed by atoms with Gasteiger partial charge in [-0.25, -0.2) is 0 Å². The van der Waals surface area contributed by atoms with Gasteiger partial charge < -0.3 is 9.94 Å². The molecule has 1 atom stereocenters. The summed E-state index contributed by atoms with van der Waals surface area (Å²) in [5.41, 5.74) is 0. The molecule has 2 rings (SSSR count). The number of aliphatic hydroxyl groups excluding tert-OH is 1. The maximum Gasteiger partial charge on any atom is 0.165 e. The second-order valence-electron chi connectivity index (χ2n) is 3.25. The molecule has 0 saturated carbocycles. The minimum atomic E-state index is 0.163. The fraction of sp³-hybridized carbons (Fsp3) is 1.00. The molecule has 1 N–H and O–H groups in total. The summed E-state index contributed by atoms with van der Waals surface area (Å²) in [5.74, 6) is 0.564. The first-order valence-electron chi connectivity index (χ1n) is 4.64. The predicted molar refractivity (Wildman–Crippen MR) is 52.8 cm³/mol. The third-order valence-corrected chi connectivity index (χ3v) is 2.66. The molecule has 14 heavy (non-hydrogen) atoms. The Bertz CT molecular complexity index is 270. The molecule has 1 unspecified atom stereocenters. The van der Waals surface area contributed by atoms with Gasteiger partial charge in [0.25, 0.3) is 0 Å². The summed E-state index contributed by atoms with van der Waals surface area (Å²) < 4.78 is 5.08. The summed E-state index contributed by atoms with van der Waals surface area (Å²) >= 11 is 1.58. The van der Waals surface area contributed by atoms with Crippen molar-refractivity contribution in [2.75, 3.05) is 30.4 Å². The largest absolute Gasteiger partial charge is 0.394 e. The minimum absolute atomic E-state index is 0.163. The summed E-state index contributed by atoms with van der Waals surface area (Å²) in [6.07, 6.45) is 4.05. The molecular weight excluding hydrogens is 206 g/mol. The molecule has 0 radical (unpaired) electrons. The second kappa shape index (κ2) is 4.22. The van der Waals surface area contributed by atoms with E-state index >= 15 is 0 Å². The zero-order valence-corrected chi connectivity index (χ0v) is 8.94. The van der Waals surface area contributed by atoms with Crippen LogP contribution in [0.25, 0.3) is 0 Å². The zero-order valence-electron chi connectivity index (χ0n) is 8.13. The van der Waals surface area contributed by atoms with E-state index in [0.717, 1.165) is 19.4 Å². The lowest BCUT2D eigenvalue weighted by Crippen LogP contribution is -2.39. The Labute approximate surface area is 86.2 Å². The van der Waals surface area contributed by atoms with Crippen molar-refractivity contribution in [3.8, 4) is 0 Å². The summed E-state index contributed by atoms with van der Waals surface area (Å²) in [6.45, 7) is 1.07. The highest BCUT2D eigenvalue weighted by Crippen LogP contribution is 2.16. The summed E-state index contributed by atoms with van der Waals surface area (Å²) in [5, 5.41) is 12.4. The highest BCUT2D eigenvalue weighted by molar-refractivity contribution is 7.98. The molecule has 0 spiro atoms. The number of aromatic nitrogens is 2. The maximum atomic E-state index is 9.09. The van der Waals surface area contributed by atoms with Gasteiger partial charge in [-0.3, -0.25) is 5.01 Å². The number of nitrogens with zero attached hydrogens (tertiary/aromatic N) is 3. The molecule has 2 heterocycles. The summed E-state index contributed by atoms with van der Waals surface area (Å²) in [4.78, 5) is 6.76. The van der Waals surface area contributed by atoms with Crippen LogP contribution in [0.4, 0.5) is 0 Å². The van der Waals surface area contributed by atoms with Gasteiger partial charge in [-0.05, 0) is 19.1 Å². The Morgan fingerprint density at radius 1 is 1.64 bits per heavy atom. The van der Waals surface area contributed by atoms with Crippen LogP contribution in [-0.4, -0.2) is 46.5 Å². The fourth-order valence-electron chi connectivity index (χ4n) is 1.59. The molecule has 0 aromatic carbocycles. The molecule has 1 aromatic heterocycles. The van der Waals surface area contributed by atoms with E-state index in [4.69, 9.17) is 14.6 Å². The van der Waals surface area contributed by atoms with Crippen LogP contribution >= 0.6 is 11.8 Å². The van der Waals surface area contributed by atoms with Gasteiger partial charge in [0, 0.05) is 6.54 Å². The predicted octanol–water partition coefficient (Wildman–Crippen LogP) is -0.276. The smallest absolute Gasteiger partial charge is 0.165 e. The van der Waals surface area contributed by atoms with E-state index in [2.05, 4.69) is 0 Å². The van der Waals surface area contributed by atoms with Crippen molar-refractivity contribution in [1.29, 1.82) is 0 Å². The Morgan fingerprint density at radius 2 is 2.50 bits per heavy atom. The normalized spacial score (nSPS) is 22.1. The van der Waals surface area contributed by atoms with Gasteiger partial charge in [-0.1, -0.05) is 0 Å². The van der Waals surface area contributed by atoms with Gasteiger partial charge in [0.1, 0.15) is 5.02 Å². The van der Waals surface area contributed by atoms with Crippen molar-refractivity contribution < 1.29 is 14.6 Å². The number of rotatable bonds is 5. The second-order valence-corrected chi connectivity index (χ2v) is 4.06. The van der Waals surface area contributed by atoms with E-state index in [1.165, 1.54) is 5.02 Å². The van der Waals surface area contributed by atoms with E-state index in [0.29, 0.717) is 5.94 Å². The van der Waals surface area contributed by atoms with Crippen LogP contribution in [0.15, 0.2) is 4.63 Å². The van der Waals surface area contributed by atoms with E-state index in [-0.39, 0.29) is 12.6 Å². The van der Waals surface area contributed by atoms with Crippen LogP contribution in [0, 0.1) is 0 Å². The molecule has 1 aliphatic heterocycles. The first-order valence-corrected chi connectivity index (χ1v) is 6.03. The Balaban J connectivity index is 1.86. The van der Waals surface area contributed by atoms with Crippen molar-refractivity contribution in [3.05, 3.63) is 0 Å². The van der Waals surface area contributed by atoms with Crippen molar-refractivity contribution >= 4 is 11.8 Å². The third-order valence-electron chi connectivity index (χ3n) is 2.32. The molecule has 1 aliphatic rings. The standard InChI is InChI=1S/C7H15N3O3S/c1-14-6-12-10-9(13-10)8-4-2-3-7(8)5-11/h7,11H,2-6H2,1H3. The minimum Gasteiger partial charge on any atom is -0.394 e. The number of aliphatic hydroxyl groups is 1. The van der Waals surface area contributed by atoms with Gasteiger partial charge in [0.05, 0.1) is 17.6 Å². The molecule has 82 valence electrons. The topological polar surface area (TPSA) is 55.7 Å². The molecule has 6 nitrogen and oxygen atoms in total. The van der Waals surface area contributed by atoms with Crippen LogP contribution in [0.3, 0.4) is 0 Å². The van der Waals surface area contributed by atoms with E-state index < -0.39 is 0 Å². The van der Waals surface area contributed by atoms with E-state index in [1.807, 2.05) is 11.3 Å². The van der Waals surface area contributed by atoms with Crippen LogP contribution < -0.4 is 9.85 Å². The molecule has 1 fully saturated rings. The van der Waals surface area contributed by atoms with Crippen molar-refractivity contribution in [2.45, 2.75) is 18.9 Å². The summed E-state index contributed by atoms with van der Waals surface area (Å²) in [6, 6.07) is 0.165.